The van der Waals surface area contributed by atoms with Crippen molar-refractivity contribution in [1.29, 1.82) is 0 Å². The molecule has 0 spiro atoms. The van der Waals surface area contributed by atoms with Gasteiger partial charge in [-0.05, 0) is 13.8 Å². The van der Waals surface area contributed by atoms with Crippen LogP contribution in [0.25, 0.3) is 0 Å². The Morgan fingerprint density at radius 3 is 1.43 bits per heavy atom. The second-order valence-electron chi connectivity index (χ2n) is 1.05. The summed E-state index contributed by atoms with van der Waals surface area (Å²) in [5.74, 6) is 0. The van der Waals surface area contributed by atoms with Gasteiger partial charge in [-0.25, -0.2) is 0 Å². The van der Waals surface area contributed by atoms with E-state index in [4.69, 9.17) is 5.21 Å². The zero-order valence-corrected chi connectivity index (χ0v) is 3.39. The summed E-state index contributed by atoms with van der Waals surface area (Å²) in [6.45, 7) is 3.44. The van der Waals surface area contributed by atoms with Crippen molar-refractivity contribution in [2.45, 2.75) is 28.7 Å². The minimum atomic E-state index is 0. The molecule has 2 heteroatoms. The van der Waals surface area contributed by atoms with Crippen LogP contribution < -0.4 is 0 Å². The summed E-state index contributed by atoms with van der Waals surface area (Å²) >= 11 is 0. The highest BCUT2D eigenvalue weighted by Gasteiger charge is 1.65. The Morgan fingerprint density at radius 1 is 1.29 bits per heavy atom. The van der Waals surface area contributed by atoms with Gasteiger partial charge in [-0.3, -0.25) is 0 Å². The number of nitrogens with zero attached hydrogens (tertiary/aromatic N) is 1. The van der Waals surface area contributed by atoms with E-state index in [1.165, 1.54) is 0 Å². The molecule has 0 fully saturated rings. The minimum Gasteiger partial charge on any atom is -0.411 e. The number of oxime groups is 1. The first-order valence-electron chi connectivity index (χ1n) is 1.42. The summed E-state index contributed by atoms with van der Waals surface area (Å²) in [4.78, 5) is 0. The van der Waals surface area contributed by atoms with Crippen LogP contribution in [0.1, 0.15) is 28.7 Å². The lowest BCUT2D eigenvalue weighted by molar-refractivity contribution is 0.318. The largest absolute Gasteiger partial charge is 0.411 e. The molecule has 0 aliphatic heterocycles. The van der Waals surface area contributed by atoms with Gasteiger partial charge in [0.2, 0.25) is 0 Å². The van der Waals surface area contributed by atoms with Crippen molar-refractivity contribution in [3.63, 3.8) is 0 Å². The maximum Gasteiger partial charge on any atom is 0.0509 e. The molecule has 0 aromatic heterocycles. The van der Waals surface area contributed by atoms with Gasteiger partial charge in [0, 0.05) is 0 Å². The number of rotatable bonds is 0. The van der Waals surface area contributed by atoms with Crippen LogP contribution >= 0.6 is 0 Å². The summed E-state index contributed by atoms with van der Waals surface area (Å²) in [7, 11) is 0. The fourth-order valence-corrected chi connectivity index (χ4v) is 0. The van der Waals surface area contributed by atoms with E-state index in [1.807, 2.05) is 0 Å². The molecule has 0 aromatic carbocycles. The van der Waals surface area contributed by atoms with E-state index in [-0.39, 0.29) is 14.9 Å². The summed E-state index contributed by atoms with van der Waals surface area (Å²) in [5, 5.41) is 10.5. The second kappa shape index (κ2) is 9.08. The molecule has 0 aromatic rings. The molecule has 0 unspecified atom stereocenters. The Labute approximate surface area is 45.9 Å². The molecule has 0 amide bonds. The van der Waals surface area contributed by atoms with Gasteiger partial charge in [-0.15, -0.1) is 0 Å². The van der Waals surface area contributed by atoms with Gasteiger partial charge in [0.05, 0.1) is 5.71 Å². The van der Waals surface area contributed by atoms with Crippen LogP contribution in [0.4, 0.5) is 0 Å². The Balaban J connectivity index is -0.0000000800. The quantitative estimate of drug-likeness (QED) is 0.285. The lowest BCUT2D eigenvalue weighted by Gasteiger charge is -1.72. The van der Waals surface area contributed by atoms with Crippen LogP contribution in [0.15, 0.2) is 5.16 Å². The van der Waals surface area contributed by atoms with Gasteiger partial charge >= 0.3 is 0 Å². The van der Waals surface area contributed by atoms with Gasteiger partial charge in [-0.1, -0.05) is 20.0 Å². The fourth-order valence-electron chi connectivity index (χ4n) is 0. The summed E-state index contributed by atoms with van der Waals surface area (Å²) < 4.78 is 0. The van der Waals surface area contributed by atoms with Crippen molar-refractivity contribution in [3.05, 3.63) is 0 Å². The third-order valence-corrected chi connectivity index (χ3v) is 0.200. The van der Waals surface area contributed by atoms with E-state index in [2.05, 4.69) is 5.16 Å². The number of hydrogen-bond acceptors (Lipinski definition) is 2. The first kappa shape index (κ1) is 16.1. The van der Waals surface area contributed by atoms with Gasteiger partial charge in [0.1, 0.15) is 0 Å². The molecule has 0 saturated heterocycles. The van der Waals surface area contributed by atoms with E-state index in [0.29, 0.717) is 5.71 Å². The van der Waals surface area contributed by atoms with Gasteiger partial charge < -0.3 is 5.21 Å². The lowest BCUT2D eigenvalue weighted by atomic mass is 10.5. The number of hydrogen-bond donors (Lipinski definition) is 1. The van der Waals surface area contributed by atoms with E-state index >= 15 is 0 Å². The third-order valence-electron chi connectivity index (χ3n) is 0.200. The Hall–Kier alpha value is -0.530. The fraction of sp³-hybridized carbons (Fsp3) is 0.800. The smallest absolute Gasteiger partial charge is 0.0509 e. The van der Waals surface area contributed by atoms with Crippen molar-refractivity contribution in [2.75, 3.05) is 0 Å². The van der Waals surface area contributed by atoms with E-state index in [1.54, 1.807) is 13.8 Å². The zero-order chi connectivity index (χ0) is 4.28. The van der Waals surface area contributed by atoms with Crippen LogP contribution in [0.2, 0.25) is 0 Å². The first-order chi connectivity index (χ1) is 2.27. The summed E-state index contributed by atoms with van der Waals surface area (Å²) in [6.07, 6.45) is 0. The summed E-state index contributed by atoms with van der Waals surface area (Å²) in [5.41, 5.74) is 0.685. The molecule has 0 saturated carbocycles. The van der Waals surface area contributed by atoms with Gasteiger partial charge in [0.15, 0.2) is 0 Å². The highest BCUT2D eigenvalue weighted by Crippen LogP contribution is 1.62. The maximum absolute atomic E-state index is 7.73. The summed E-state index contributed by atoms with van der Waals surface area (Å²) in [6, 6.07) is 0. The van der Waals surface area contributed by atoms with Crippen molar-refractivity contribution in [2.24, 2.45) is 5.16 Å². The minimum absolute atomic E-state index is 0. The standard InChI is InChI=1S/C3H7NO.2CH4/c1-3(2)4-5;;/h5H,1-2H3;2*1H4. The van der Waals surface area contributed by atoms with Crippen LogP contribution in [0.3, 0.4) is 0 Å². The third kappa shape index (κ3) is 30.5. The van der Waals surface area contributed by atoms with E-state index in [0.717, 1.165) is 0 Å². The van der Waals surface area contributed by atoms with Crippen molar-refractivity contribution in [3.8, 4) is 0 Å². The highest BCUT2D eigenvalue weighted by atomic mass is 16.4. The molecule has 0 rings (SSSR count). The Bertz CT molecular complexity index is 46.0. The SMILES string of the molecule is C.C.CC(C)=NO. The molecule has 2 nitrogen and oxygen atoms in total. The molecule has 46 valence electrons. The molecule has 0 aliphatic rings. The maximum atomic E-state index is 7.73. The molecule has 0 aliphatic carbocycles. The lowest BCUT2D eigenvalue weighted by Crippen LogP contribution is -1.74. The molecular formula is C5H15NO. The van der Waals surface area contributed by atoms with Crippen molar-refractivity contribution < 1.29 is 5.21 Å². The average molecular weight is 105 g/mol. The predicted molar refractivity (Wildman–Crippen MR) is 34.0 cm³/mol. The van der Waals surface area contributed by atoms with Gasteiger partial charge in [-0.2, -0.15) is 0 Å². The van der Waals surface area contributed by atoms with E-state index < -0.39 is 0 Å². The van der Waals surface area contributed by atoms with Crippen LogP contribution in [0.5, 0.6) is 0 Å². The molecule has 0 atom stereocenters. The molecule has 0 bridgehead atoms. The molecular weight excluding hydrogens is 90.1 g/mol. The van der Waals surface area contributed by atoms with Crippen LogP contribution in [-0.2, 0) is 0 Å². The van der Waals surface area contributed by atoms with Crippen molar-refractivity contribution in [1.82, 2.24) is 0 Å². The predicted octanol–water partition coefficient (Wildman–Crippen LogP) is 2.13. The molecule has 0 heterocycles. The Morgan fingerprint density at radius 2 is 1.43 bits per heavy atom. The monoisotopic (exact) mass is 105 g/mol. The zero-order valence-electron chi connectivity index (χ0n) is 3.39. The normalized spacial score (nSPS) is 4.86. The Kier molecular flexibility index (Phi) is 20.8. The average Bonchev–Trinajstić information content (AvgIpc) is 1.38. The topological polar surface area (TPSA) is 32.6 Å². The molecule has 0 radical (unpaired) electrons. The molecule has 7 heavy (non-hydrogen) atoms. The van der Waals surface area contributed by atoms with Crippen molar-refractivity contribution >= 4 is 5.71 Å². The van der Waals surface area contributed by atoms with Crippen LogP contribution in [-0.4, -0.2) is 10.9 Å². The molecule has 1 N–H and O–H groups in total. The highest BCUT2D eigenvalue weighted by molar-refractivity contribution is 5.78. The van der Waals surface area contributed by atoms with E-state index in [9.17, 15) is 0 Å². The second-order valence-corrected chi connectivity index (χ2v) is 1.05. The van der Waals surface area contributed by atoms with Gasteiger partial charge in [0.25, 0.3) is 0 Å². The van der Waals surface area contributed by atoms with Crippen LogP contribution in [0, 0.1) is 0 Å². The first-order valence-corrected chi connectivity index (χ1v) is 1.42.